The van der Waals surface area contributed by atoms with Crippen molar-refractivity contribution in [1.29, 1.82) is 0 Å². The summed E-state index contributed by atoms with van der Waals surface area (Å²) in [6.07, 6.45) is 0. The van der Waals surface area contributed by atoms with E-state index >= 15 is 0 Å². The Balaban J connectivity index is 2.65. The molecule has 0 aliphatic carbocycles. The van der Waals surface area contributed by atoms with Gasteiger partial charge in [0.15, 0.2) is 0 Å². The summed E-state index contributed by atoms with van der Waals surface area (Å²) in [4.78, 5) is 0. The van der Waals surface area contributed by atoms with Crippen LogP contribution in [0.4, 0.5) is 0 Å². The molecule has 0 spiro atoms. The lowest BCUT2D eigenvalue weighted by molar-refractivity contribution is 2.25. The van der Waals surface area contributed by atoms with Crippen LogP contribution in [0.25, 0.3) is 0 Å². The minimum atomic E-state index is 1.21. The summed E-state index contributed by atoms with van der Waals surface area (Å²) in [5.41, 5.74) is 0. The second kappa shape index (κ2) is 11.6. The van der Waals surface area contributed by atoms with Gasteiger partial charge in [0.2, 0.25) is 0 Å². The molecule has 0 fully saturated rings. The van der Waals surface area contributed by atoms with Gasteiger partial charge in [0, 0.05) is 0 Å². The molecule has 0 aromatic carbocycles. The summed E-state index contributed by atoms with van der Waals surface area (Å²) in [5, 5.41) is 0. The van der Waals surface area contributed by atoms with Gasteiger partial charge >= 0.3 is 0 Å². The van der Waals surface area contributed by atoms with E-state index < -0.39 is 0 Å². The van der Waals surface area contributed by atoms with Crippen molar-refractivity contribution in [2.24, 2.45) is 0 Å². The number of hydrogen-bond donors (Lipinski definition) is 0. The molecule has 0 saturated heterocycles. The third-order valence-corrected chi connectivity index (χ3v) is 13.9. The maximum atomic E-state index is 2.32. The Kier molecular flexibility index (Phi) is 14.6. The molecule has 62 valence electrons. The summed E-state index contributed by atoms with van der Waals surface area (Å²) in [5.74, 6) is 3.09. The quantitative estimate of drug-likeness (QED) is 0.473. The summed E-state index contributed by atoms with van der Waals surface area (Å²) >= 11 is 0. The molecule has 6 unspecified atom stereocenters. The van der Waals surface area contributed by atoms with Crippen LogP contribution in [0.5, 0.6) is 0 Å². The van der Waals surface area contributed by atoms with E-state index in [1.54, 1.807) is 11.8 Å². The lowest BCUT2D eigenvalue weighted by Crippen LogP contribution is -1.51. The van der Waals surface area contributed by atoms with Gasteiger partial charge in [-0.2, -0.15) is 0 Å². The largest absolute Gasteiger partial charge is 0.102 e. The number of hydrogen-bond acceptors (Lipinski definition) is 0. The molecule has 0 heterocycles. The minimum absolute atomic E-state index is 1.21. The van der Waals surface area contributed by atoms with Gasteiger partial charge in [-0.1, -0.05) is 33.1 Å². The van der Waals surface area contributed by atoms with Gasteiger partial charge in [-0.3, -0.25) is 0 Å². The molecule has 0 bridgehead atoms. The number of rotatable bonds is 7. The lowest BCUT2D eigenvalue weighted by atomic mass is 11.9. The van der Waals surface area contributed by atoms with Crippen molar-refractivity contribution < 1.29 is 0 Å². The summed E-state index contributed by atoms with van der Waals surface area (Å²) < 4.78 is 0. The van der Waals surface area contributed by atoms with E-state index in [0.717, 1.165) is 0 Å². The van der Waals surface area contributed by atoms with E-state index in [1.807, 2.05) is 0 Å². The van der Waals surface area contributed by atoms with E-state index in [9.17, 15) is 0 Å². The molecule has 0 saturated carbocycles. The van der Waals surface area contributed by atoms with Crippen molar-refractivity contribution in [2.45, 2.75) is 0 Å². The predicted octanol–water partition coefficient (Wildman–Crippen LogP) is 3.98. The topological polar surface area (TPSA) is 0 Å². The highest BCUT2D eigenvalue weighted by Crippen LogP contribution is 2.51. The van der Waals surface area contributed by atoms with E-state index in [0.29, 0.717) is 0 Å². The van der Waals surface area contributed by atoms with Crippen molar-refractivity contribution in [3.05, 3.63) is 0 Å². The van der Waals surface area contributed by atoms with Gasteiger partial charge in [-0.15, -0.1) is 16.5 Å². The molecular formula is C4H16P6. The Morgan fingerprint density at radius 3 is 1.40 bits per heavy atom. The molecule has 0 aliphatic heterocycles. The van der Waals surface area contributed by atoms with Gasteiger partial charge in [0.25, 0.3) is 0 Å². The molecule has 0 N–H and O–H groups in total. The van der Waals surface area contributed by atoms with Crippen LogP contribution in [0, 0.1) is 0 Å². The highest BCUT2D eigenvalue weighted by Gasteiger charge is 1.86. The standard InChI is InChI=1S/C4H16P6/c1-5-7-3-9-10-4-8-6-2/h5-10H,3-4H2,1-2H3. The Morgan fingerprint density at radius 1 is 0.700 bits per heavy atom. The Hall–Kier alpha value is 2.58. The molecule has 6 atom stereocenters. The molecule has 0 radical (unpaired) electrons. The van der Waals surface area contributed by atoms with Crippen LogP contribution >= 0.6 is 49.6 Å². The molecule has 10 heavy (non-hydrogen) atoms. The third-order valence-electron chi connectivity index (χ3n) is 0.832. The summed E-state index contributed by atoms with van der Waals surface area (Å²) in [6.45, 7) is 4.64. The van der Waals surface area contributed by atoms with E-state index in [2.05, 4.69) is 13.3 Å². The minimum Gasteiger partial charge on any atom is -0.102 e. The van der Waals surface area contributed by atoms with Crippen molar-refractivity contribution in [3.8, 4) is 0 Å². The highest BCUT2D eigenvalue weighted by molar-refractivity contribution is 8.24. The fourth-order valence-corrected chi connectivity index (χ4v) is 15.3. The maximum Gasteiger partial charge on any atom is -0.0102 e. The van der Waals surface area contributed by atoms with Crippen molar-refractivity contribution in [3.63, 3.8) is 0 Å². The van der Waals surface area contributed by atoms with Crippen LogP contribution in [-0.4, -0.2) is 25.1 Å². The third kappa shape index (κ3) is 10.6. The highest BCUT2D eigenvalue weighted by atomic mass is 32.1. The first-order valence-electron chi connectivity index (χ1n) is 3.16. The zero-order valence-corrected chi connectivity index (χ0v) is 12.4. The van der Waals surface area contributed by atoms with E-state index in [1.165, 1.54) is 49.6 Å². The van der Waals surface area contributed by atoms with Crippen molar-refractivity contribution >= 4 is 49.6 Å². The monoisotopic (exact) mass is 250 g/mol. The zero-order chi connectivity index (χ0) is 7.66. The maximum absolute atomic E-state index is 2.32. The van der Waals surface area contributed by atoms with Crippen molar-refractivity contribution in [1.82, 2.24) is 0 Å². The van der Waals surface area contributed by atoms with Gasteiger partial charge in [-0.25, -0.2) is 0 Å². The fourth-order valence-electron chi connectivity index (χ4n) is 0.390. The average Bonchev–Trinajstić information content (AvgIpc) is 1.97. The van der Waals surface area contributed by atoms with Crippen LogP contribution in [0.3, 0.4) is 0 Å². The molecular weight excluding hydrogens is 234 g/mol. The van der Waals surface area contributed by atoms with Crippen LogP contribution in [-0.2, 0) is 0 Å². The second-order valence-electron chi connectivity index (χ2n) is 1.56. The van der Waals surface area contributed by atoms with E-state index in [-0.39, 0.29) is 0 Å². The van der Waals surface area contributed by atoms with Gasteiger partial charge < -0.3 is 0 Å². The van der Waals surface area contributed by atoms with Gasteiger partial charge in [0.05, 0.1) is 0 Å². The Bertz CT molecular complexity index is 49.7. The molecule has 0 amide bonds. The molecule has 0 aromatic heterocycles. The molecule has 0 rings (SSSR count). The van der Waals surface area contributed by atoms with Crippen molar-refractivity contribution in [2.75, 3.05) is 25.1 Å². The molecule has 6 heteroatoms. The Morgan fingerprint density at radius 2 is 1.10 bits per heavy atom. The second-order valence-corrected chi connectivity index (χ2v) is 14.0. The molecule has 0 nitrogen and oxygen atoms in total. The molecule has 0 aromatic rings. The normalized spacial score (nSPS) is 17.4. The van der Waals surface area contributed by atoms with Crippen LogP contribution < -0.4 is 0 Å². The zero-order valence-electron chi connectivity index (χ0n) is 6.41. The summed E-state index contributed by atoms with van der Waals surface area (Å²) in [6, 6.07) is 0. The first kappa shape index (κ1) is 12.6. The van der Waals surface area contributed by atoms with E-state index in [4.69, 9.17) is 0 Å². The summed E-state index contributed by atoms with van der Waals surface area (Å²) in [7, 11) is 7.60. The molecule has 0 aliphatic rings. The Labute approximate surface area is 75.0 Å². The van der Waals surface area contributed by atoms with Crippen LogP contribution in [0.2, 0.25) is 0 Å². The van der Waals surface area contributed by atoms with Crippen LogP contribution in [0.15, 0.2) is 0 Å². The van der Waals surface area contributed by atoms with Gasteiger partial charge in [-0.05, 0) is 25.1 Å². The first-order chi connectivity index (χ1) is 4.91. The fraction of sp³-hybridized carbons (Fsp3) is 1.00. The SMILES string of the molecule is CPPCPPCPPC. The average molecular weight is 250 g/mol. The lowest BCUT2D eigenvalue weighted by Gasteiger charge is -1.99. The first-order valence-corrected chi connectivity index (χ1v) is 14.0. The van der Waals surface area contributed by atoms with Crippen LogP contribution in [0.1, 0.15) is 0 Å². The van der Waals surface area contributed by atoms with Gasteiger partial charge in [0.1, 0.15) is 0 Å². The predicted molar refractivity (Wildman–Crippen MR) is 71.5 cm³/mol. The smallest absolute Gasteiger partial charge is 0.0102 e.